The molecule has 0 amide bonds. The Morgan fingerprint density at radius 3 is 2.59 bits per heavy atom. The normalized spacial score (nSPS) is 10.3. The van der Waals surface area contributed by atoms with Crippen LogP contribution in [0.25, 0.3) is 0 Å². The molecule has 0 saturated carbocycles. The molecule has 17 heavy (non-hydrogen) atoms. The lowest BCUT2D eigenvalue weighted by Gasteiger charge is -2.06. The number of nitrogens with zero attached hydrogens (tertiary/aromatic N) is 3. The molecule has 1 aromatic heterocycles. The van der Waals surface area contributed by atoms with Crippen LogP contribution in [0.3, 0.4) is 0 Å². The Bertz CT molecular complexity index is 523. The fourth-order valence-electron chi connectivity index (χ4n) is 1.53. The Hall–Kier alpha value is -1.97. The number of aryl methyl sites for hydroxylation is 3. The third kappa shape index (κ3) is 3.00. The van der Waals surface area contributed by atoms with Crippen LogP contribution in [0, 0.1) is 20.8 Å². The standard InChI is InChI=1S/C13H16N4/c1-9-5-4-6-12(7-9)8-14-13-15-10(2)11(3)16-17-13/h4-7H,8H2,1-3H3,(H,14,15,17). The van der Waals surface area contributed by atoms with E-state index in [1.165, 1.54) is 11.1 Å². The SMILES string of the molecule is Cc1cccc(CNc2nnc(C)c(C)n2)c1. The molecule has 0 aliphatic rings. The highest BCUT2D eigenvalue weighted by molar-refractivity contribution is 5.29. The van der Waals surface area contributed by atoms with Gasteiger partial charge in [0.15, 0.2) is 0 Å². The number of anilines is 1. The second-order valence-electron chi connectivity index (χ2n) is 4.15. The van der Waals surface area contributed by atoms with Crippen molar-refractivity contribution in [2.75, 3.05) is 5.32 Å². The first-order chi connectivity index (χ1) is 8.15. The lowest BCUT2D eigenvalue weighted by Crippen LogP contribution is -2.07. The first-order valence-corrected chi connectivity index (χ1v) is 5.62. The molecule has 1 aromatic carbocycles. The van der Waals surface area contributed by atoms with Crippen LogP contribution >= 0.6 is 0 Å². The molecular formula is C13H16N4. The Morgan fingerprint density at radius 2 is 1.88 bits per heavy atom. The summed E-state index contributed by atoms with van der Waals surface area (Å²) in [6.07, 6.45) is 0. The first-order valence-electron chi connectivity index (χ1n) is 5.62. The smallest absolute Gasteiger partial charge is 0.243 e. The van der Waals surface area contributed by atoms with Crippen molar-refractivity contribution in [2.45, 2.75) is 27.3 Å². The van der Waals surface area contributed by atoms with Crippen molar-refractivity contribution in [1.82, 2.24) is 15.2 Å². The molecule has 0 fully saturated rings. The number of nitrogens with one attached hydrogen (secondary N) is 1. The second-order valence-corrected chi connectivity index (χ2v) is 4.15. The van der Waals surface area contributed by atoms with E-state index in [4.69, 9.17) is 0 Å². The summed E-state index contributed by atoms with van der Waals surface area (Å²) < 4.78 is 0. The number of benzene rings is 1. The Labute approximate surface area is 101 Å². The molecule has 2 rings (SSSR count). The molecule has 0 saturated heterocycles. The van der Waals surface area contributed by atoms with Gasteiger partial charge in [0.05, 0.1) is 11.4 Å². The van der Waals surface area contributed by atoms with Crippen molar-refractivity contribution in [2.24, 2.45) is 0 Å². The van der Waals surface area contributed by atoms with Crippen LogP contribution in [0.2, 0.25) is 0 Å². The molecule has 0 bridgehead atoms. The van der Waals surface area contributed by atoms with Gasteiger partial charge in [0.1, 0.15) is 0 Å². The van der Waals surface area contributed by atoms with Gasteiger partial charge < -0.3 is 5.32 Å². The lowest BCUT2D eigenvalue weighted by atomic mass is 10.1. The van der Waals surface area contributed by atoms with E-state index in [9.17, 15) is 0 Å². The largest absolute Gasteiger partial charge is 0.349 e. The van der Waals surface area contributed by atoms with Crippen LogP contribution < -0.4 is 5.32 Å². The molecule has 4 nitrogen and oxygen atoms in total. The third-order valence-corrected chi connectivity index (χ3v) is 2.63. The maximum Gasteiger partial charge on any atom is 0.243 e. The number of hydrogen-bond acceptors (Lipinski definition) is 4. The summed E-state index contributed by atoms with van der Waals surface area (Å²) in [6.45, 7) is 6.63. The number of aromatic nitrogens is 3. The molecule has 1 N–H and O–H groups in total. The van der Waals surface area contributed by atoms with Gasteiger partial charge in [-0.15, -0.1) is 5.10 Å². The molecule has 0 radical (unpaired) electrons. The van der Waals surface area contributed by atoms with Crippen molar-refractivity contribution < 1.29 is 0 Å². The summed E-state index contributed by atoms with van der Waals surface area (Å²) in [5.41, 5.74) is 4.24. The van der Waals surface area contributed by atoms with Gasteiger partial charge in [-0.25, -0.2) is 4.98 Å². The molecule has 88 valence electrons. The van der Waals surface area contributed by atoms with Gasteiger partial charge >= 0.3 is 0 Å². The zero-order chi connectivity index (χ0) is 12.3. The van der Waals surface area contributed by atoms with Crippen molar-refractivity contribution >= 4 is 5.95 Å². The van der Waals surface area contributed by atoms with Gasteiger partial charge in [0, 0.05) is 6.54 Å². The van der Waals surface area contributed by atoms with Crippen LogP contribution in [0.5, 0.6) is 0 Å². The summed E-state index contributed by atoms with van der Waals surface area (Å²) in [5, 5.41) is 11.2. The average molecular weight is 228 g/mol. The van der Waals surface area contributed by atoms with Gasteiger partial charge in [-0.2, -0.15) is 5.10 Å². The van der Waals surface area contributed by atoms with E-state index < -0.39 is 0 Å². The van der Waals surface area contributed by atoms with E-state index in [1.54, 1.807) is 0 Å². The van der Waals surface area contributed by atoms with Crippen LogP contribution in [-0.2, 0) is 6.54 Å². The highest BCUT2D eigenvalue weighted by atomic mass is 15.2. The van der Waals surface area contributed by atoms with E-state index >= 15 is 0 Å². The van der Waals surface area contributed by atoms with E-state index in [2.05, 4.69) is 45.6 Å². The van der Waals surface area contributed by atoms with Crippen LogP contribution in [-0.4, -0.2) is 15.2 Å². The first kappa shape index (κ1) is 11.5. The minimum absolute atomic E-state index is 0.578. The fraction of sp³-hybridized carbons (Fsp3) is 0.308. The van der Waals surface area contributed by atoms with Crippen molar-refractivity contribution in [1.29, 1.82) is 0 Å². The van der Waals surface area contributed by atoms with Crippen molar-refractivity contribution in [3.63, 3.8) is 0 Å². The third-order valence-electron chi connectivity index (χ3n) is 2.63. The Balaban J connectivity index is 2.05. The second kappa shape index (κ2) is 4.91. The molecule has 2 aromatic rings. The van der Waals surface area contributed by atoms with Crippen molar-refractivity contribution in [3.05, 3.63) is 46.8 Å². The predicted molar refractivity (Wildman–Crippen MR) is 67.8 cm³/mol. The molecule has 0 aliphatic heterocycles. The van der Waals surface area contributed by atoms with Gasteiger partial charge in [-0.05, 0) is 26.3 Å². The van der Waals surface area contributed by atoms with E-state index in [0.29, 0.717) is 12.5 Å². The summed E-state index contributed by atoms with van der Waals surface area (Å²) in [7, 11) is 0. The minimum Gasteiger partial charge on any atom is -0.349 e. The lowest BCUT2D eigenvalue weighted by molar-refractivity contribution is 0.885. The molecule has 0 unspecified atom stereocenters. The summed E-state index contributed by atoms with van der Waals surface area (Å²) in [6, 6.07) is 8.35. The van der Waals surface area contributed by atoms with E-state index in [0.717, 1.165) is 11.4 Å². The molecule has 4 heteroatoms. The molecular weight excluding hydrogens is 212 g/mol. The monoisotopic (exact) mass is 228 g/mol. The molecule has 0 spiro atoms. The van der Waals surface area contributed by atoms with Gasteiger partial charge in [-0.3, -0.25) is 0 Å². The summed E-state index contributed by atoms with van der Waals surface area (Å²) in [5.74, 6) is 0.578. The van der Waals surface area contributed by atoms with E-state index in [1.807, 2.05) is 19.9 Å². The van der Waals surface area contributed by atoms with Gasteiger partial charge in [-0.1, -0.05) is 29.8 Å². The maximum atomic E-state index is 4.33. The van der Waals surface area contributed by atoms with Crippen LogP contribution in [0.1, 0.15) is 22.5 Å². The zero-order valence-corrected chi connectivity index (χ0v) is 10.4. The minimum atomic E-state index is 0.578. The maximum absolute atomic E-state index is 4.33. The number of rotatable bonds is 3. The predicted octanol–water partition coefficient (Wildman–Crippen LogP) is 2.41. The Kier molecular flexibility index (Phi) is 3.32. The highest BCUT2D eigenvalue weighted by Crippen LogP contribution is 2.07. The highest BCUT2D eigenvalue weighted by Gasteiger charge is 2.01. The van der Waals surface area contributed by atoms with E-state index in [-0.39, 0.29) is 0 Å². The molecule has 1 heterocycles. The van der Waals surface area contributed by atoms with Crippen LogP contribution in [0.15, 0.2) is 24.3 Å². The molecule has 0 aliphatic carbocycles. The average Bonchev–Trinajstić information content (AvgIpc) is 2.31. The topological polar surface area (TPSA) is 50.7 Å². The van der Waals surface area contributed by atoms with Crippen LogP contribution in [0.4, 0.5) is 5.95 Å². The summed E-state index contributed by atoms with van der Waals surface area (Å²) >= 11 is 0. The fourth-order valence-corrected chi connectivity index (χ4v) is 1.53. The number of hydrogen-bond donors (Lipinski definition) is 1. The zero-order valence-electron chi connectivity index (χ0n) is 10.4. The van der Waals surface area contributed by atoms with Gasteiger partial charge in [0.25, 0.3) is 0 Å². The van der Waals surface area contributed by atoms with Gasteiger partial charge in [0.2, 0.25) is 5.95 Å². The Morgan fingerprint density at radius 1 is 1.06 bits per heavy atom. The quantitative estimate of drug-likeness (QED) is 0.876. The molecule has 0 atom stereocenters. The summed E-state index contributed by atoms with van der Waals surface area (Å²) in [4.78, 5) is 4.33. The van der Waals surface area contributed by atoms with Crippen molar-refractivity contribution in [3.8, 4) is 0 Å².